The number of hydrogen-bond donors (Lipinski definition) is 2. The van der Waals surface area contributed by atoms with Gasteiger partial charge >= 0.3 is 0 Å². The smallest absolute Gasteiger partial charge is 0.273 e. The lowest BCUT2D eigenvalue weighted by Gasteiger charge is -2.15. The fourth-order valence-corrected chi connectivity index (χ4v) is 3.82. The first kappa shape index (κ1) is 24.0. The van der Waals surface area contributed by atoms with Crippen molar-refractivity contribution in [1.29, 1.82) is 0 Å². The quantitative estimate of drug-likeness (QED) is 0.215. The fourth-order valence-electron chi connectivity index (χ4n) is 2.85. The van der Waals surface area contributed by atoms with E-state index in [1.54, 1.807) is 30.3 Å². The zero-order valence-corrected chi connectivity index (χ0v) is 20.2. The standard InChI is InChI=1S/C24H22ClIN2O4/c1-2-31-21-13-16(14-27-28-24(30)22(29)17-8-4-3-5-9-17)12-20(26)23(21)32-15-18-10-6-7-11-19(18)25/h3-14,22,29H,2,15H2,1H3,(H,28,30)/b27-14-/t22-/m0/s1. The zero-order valence-electron chi connectivity index (χ0n) is 17.3. The molecule has 0 spiro atoms. The van der Waals surface area contributed by atoms with Crippen LogP contribution in [0.1, 0.15) is 29.7 Å². The van der Waals surface area contributed by atoms with Crippen LogP contribution in [0.3, 0.4) is 0 Å². The Morgan fingerprint density at radius 3 is 2.59 bits per heavy atom. The van der Waals surface area contributed by atoms with Crippen molar-refractivity contribution in [1.82, 2.24) is 5.43 Å². The van der Waals surface area contributed by atoms with Gasteiger partial charge in [0.2, 0.25) is 0 Å². The second-order valence-corrected chi connectivity index (χ2v) is 8.26. The summed E-state index contributed by atoms with van der Waals surface area (Å²) < 4.78 is 12.6. The molecule has 3 rings (SSSR count). The monoisotopic (exact) mass is 564 g/mol. The Hall–Kier alpha value is -2.62. The number of amides is 1. The third-order valence-electron chi connectivity index (χ3n) is 4.41. The molecule has 8 heteroatoms. The van der Waals surface area contributed by atoms with Gasteiger partial charge < -0.3 is 14.6 Å². The lowest BCUT2D eigenvalue weighted by molar-refractivity contribution is -0.129. The first-order chi connectivity index (χ1) is 15.5. The Morgan fingerprint density at radius 2 is 1.88 bits per heavy atom. The summed E-state index contributed by atoms with van der Waals surface area (Å²) in [5.41, 5.74) is 4.43. The van der Waals surface area contributed by atoms with Gasteiger partial charge in [0.05, 0.1) is 16.4 Å². The molecule has 1 amide bonds. The first-order valence-corrected chi connectivity index (χ1v) is 11.3. The molecule has 0 saturated carbocycles. The number of halogens is 2. The van der Waals surface area contributed by atoms with Crippen molar-refractivity contribution in [3.8, 4) is 11.5 Å². The Labute approximate surface area is 205 Å². The summed E-state index contributed by atoms with van der Waals surface area (Å²) in [5, 5.41) is 14.7. The van der Waals surface area contributed by atoms with Crippen LogP contribution < -0.4 is 14.9 Å². The van der Waals surface area contributed by atoms with Crippen LogP contribution in [-0.4, -0.2) is 23.8 Å². The third kappa shape index (κ3) is 6.44. The molecule has 32 heavy (non-hydrogen) atoms. The van der Waals surface area contributed by atoms with Crippen molar-refractivity contribution in [3.63, 3.8) is 0 Å². The summed E-state index contributed by atoms with van der Waals surface area (Å²) in [5.74, 6) is 0.545. The molecule has 0 fully saturated rings. The highest BCUT2D eigenvalue weighted by Gasteiger charge is 2.16. The normalized spacial score (nSPS) is 11.9. The first-order valence-electron chi connectivity index (χ1n) is 9.88. The summed E-state index contributed by atoms with van der Waals surface area (Å²) in [6, 6.07) is 19.8. The number of hydrazone groups is 1. The van der Waals surface area contributed by atoms with Crippen LogP contribution in [0.25, 0.3) is 0 Å². The molecular formula is C24H22ClIN2O4. The van der Waals surface area contributed by atoms with E-state index in [-0.39, 0.29) is 0 Å². The minimum atomic E-state index is -1.30. The van der Waals surface area contributed by atoms with E-state index in [1.807, 2.05) is 43.3 Å². The van der Waals surface area contributed by atoms with Crippen molar-refractivity contribution in [3.05, 3.63) is 92.0 Å². The summed E-state index contributed by atoms with van der Waals surface area (Å²) in [4.78, 5) is 12.1. The second-order valence-electron chi connectivity index (χ2n) is 6.69. The summed E-state index contributed by atoms with van der Waals surface area (Å²) in [6.45, 7) is 2.65. The molecule has 166 valence electrons. The minimum Gasteiger partial charge on any atom is -0.490 e. The maximum absolute atomic E-state index is 12.1. The van der Waals surface area contributed by atoms with Gasteiger partial charge in [-0.3, -0.25) is 4.79 Å². The van der Waals surface area contributed by atoms with Crippen molar-refractivity contribution in [2.24, 2.45) is 5.10 Å². The van der Waals surface area contributed by atoms with E-state index in [2.05, 4.69) is 33.1 Å². The molecule has 3 aromatic carbocycles. The maximum atomic E-state index is 12.1. The maximum Gasteiger partial charge on any atom is 0.273 e. The number of benzene rings is 3. The Bertz CT molecular complexity index is 1090. The molecule has 0 unspecified atom stereocenters. The van der Waals surface area contributed by atoms with E-state index in [9.17, 15) is 9.90 Å². The van der Waals surface area contributed by atoms with Crippen LogP contribution in [-0.2, 0) is 11.4 Å². The Balaban J connectivity index is 1.70. The summed E-state index contributed by atoms with van der Waals surface area (Å²) >= 11 is 8.38. The molecule has 0 aliphatic heterocycles. The van der Waals surface area contributed by atoms with Crippen LogP contribution in [0.4, 0.5) is 0 Å². The predicted octanol–water partition coefficient (Wildman–Crippen LogP) is 5.11. The van der Waals surface area contributed by atoms with Gasteiger partial charge in [0.15, 0.2) is 17.6 Å². The van der Waals surface area contributed by atoms with Gasteiger partial charge in [-0.25, -0.2) is 5.43 Å². The largest absolute Gasteiger partial charge is 0.490 e. The summed E-state index contributed by atoms with van der Waals surface area (Å²) in [7, 11) is 0. The Kier molecular flexibility index (Phi) is 8.90. The molecule has 0 saturated heterocycles. The van der Waals surface area contributed by atoms with Gasteiger partial charge in [-0.2, -0.15) is 5.10 Å². The Morgan fingerprint density at radius 1 is 1.16 bits per heavy atom. The zero-order chi connectivity index (χ0) is 22.9. The average molecular weight is 565 g/mol. The number of ether oxygens (including phenoxy) is 2. The number of aliphatic hydroxyl groups is 1. The minimum absolute atomic E-state index is 0.302. The van der Waals surface area contributed by atoms with Crippen molar-refractivity contribution < 1.29 is 19.4 Å². The van der Waals surface area contributed by atoms with Gasteiger partial charge in [-0.05, 0) is 58.8 Å². The van der Waals surface area contributed by atoms with Crippen LogP contribution >= 0.6 is 34.2 Å². The van der Waals surface area contributed by atoms with Gasteiger partial charge in [0, 0.05) is 10.6 Å². The van der Waals surface area contributed by atoms with Crippen LogP contribution in [0, 0.1) is 3.57 Å². The van der Waals surface area contributed by atoms with E-state index in [0.29, 0.717) is 40.9 Å². The number of carbonyl (C=O) groups excluding carboxylic acids is 1. The molecule has 3 aromatic rings. The van der Waals surface area contributed by atoms with E-state index in [4.69, 9.17) is 21.1 Å². The van der Waals surface area contributed by atoms with Crippen molar-refractivity contribution in [2.75, 3.05) is 6.61 Å². The number of rotatable bonds is 9. The SMILES string of the molecule is CCOc1cc(/C=N\NC(=O)[C@@H](O)c2ccccc2)cc(I)c1OCc1ccccc1Cl. The predicted molar refractivity (Wildman–Crippen MR) is 133 cm³/mol. The van der Waals surface area contributed by atoms with E-state index in [1.165, 1.54) is 6.21 Å². The highest BCUT2D eigenvalue weighted by molar-refractivity contribution is 14.1. The molecule has 0 aliphatic rings. The van der Waals surface area contributed by atoms with Gasteiger partial charge in [-0.1, -0.05) is 60.1 Å². The topological polar surface area (TPSA) is 80.2 Å². The molecule has 6 nitrogen and oxygen atoms in total. The number of nitrogens with zero attached hydrogens (tertiary/aromatic N) is 1. The fraction of sp³-hybridized carbons (Fsp3) is 0.167. The number of carbonyl (C=O) groups is 1. The highest BCUT2D eigenvalue weighted by atomic mass is 127. The highest BCUT2D eigenvalue weighted by Crippen LogP contribution is 2.35. The van der Waals surface area contributed by atoms with E-state index in [0.717, 1.165) is 9.13 Å². The molecule has 0 bridgehead atoms. The van der Waals surface area contributed by atoms with Crippen molar-refractivity contribution >= 4 is 46.3 Å². The number of hydrogen-bond acceptors (Lipinski definition) is 5. The van der Waals surface area contributed by atoms with Gasteiger partial charge in [-0.15, -0.1) is 0 Å². The molecule has 0 aliphatic carbocycles. The molecule has 1 atom stereocenters. The summed E-state index contributed by atoms with van der Waals surface area (Å²) in [6.07, 6.45) is 0.186. The lowest BCUT2D eigenvalue weighted by Crippen LogP contribution is -2.25. The third-order valence-corrected chi connectivity index (χ3v) is 5.58. The lowest BCUT2D eigenvalue weighted by atomic mass is 10.1. The number of nitrogens with one attached hydrogen (secondary N) is 1. The molecule has 0 radical (unpaired) electrons. The van der Waals surface area contributed by atoms with Gasteiger partial charge in [0.25, 0.3) is 5.91 Å². The molecule has 2 N–H and O–H groups in total. The molecule has 0 aromatic heterocycles. The second kappa shape index (κ2) is 11.8. The van der Waals surface area contributed by atoms with Crippen LogP contribution in [0.5, 0.6) is 11.5 Å². The van der Waals surface area contributed by atoms with Crippen molar-refractivity contribution in [2.45, 2.75) is 19.6 Å². The molecular weight excluding hydrogens is 543 g/mol. The van der Waals surface area contributed by atoms with Gasteiger partial charge in [0.1, 0.15) is 6.61 Å². The van der Waals surface area contributed by atoms with E-state index >= 15 is 0 Å². The number of aliphatic hydroxyl groups excluding tert-OH is 1. The van der Waals surface area contributed by atoms with Crippen LogP contribution in [0.15, 0.2) is 71.8 Å². The van der Waals surface area contributed by atoms with E-state index < -0.39 is 12.0 Å². The average Bonchev–Trinajstić information content (AvgIpc) is 2.80. The molecule has 0 heterocycles. The van der Waals surface area contributed by atoms with Crippen LogP contribution in [0.2, 0.25) is 5.02 Å².